The first-order chi connectivity index (χ1) is 7.65. The number of hydrogen-bond donors (Lipinski definition) is 1. The molecule has 2 rings (SSSR count). The summed E-state index contributed by atoms with van der Waals surface area (Å²) in [6.07, 6.45) is 1.74. The Hall–Kier alpha value is -0.380. The van der Waals surface area contributed by atoms with Gasteiger partial charge in [-0.05, 0) is 37.0 Å². The van der Waals surface area contributed by atoms with Crippen LogP contribution in [0.3, 0.4) is 0 Å². The van der Waals surface area contributed by atoms with E-state index in [4.69, 9.17) is 0 Å². The summed E-state index contributed by atoms with van der Waals surface area (Å²) in [5, 5.41) is 9.44. The number of rotatable bonds is 2. The van der Waals surface area contributed by atoms with Crippen molar-refractivity contribution in [1.29, 1.82) is 0 Å². The van der Waals surface area contributed by atoms with Gasteiger partial charge in [-0.2, -0.15) is 0 Å². The van der Waals surface area contributed by atoms with Crippen LogP contribution in [-0.2, 0) is 6.54 Å². The lowest BCUT2D eigenvalue weighted by molar-refractivity contribution is 0.0792. The maximum atomic E-state index is 9.44. The van der Waals surface area contributed by atoms with Crippen LogP contribution < -0.4 is 0 Å². The Morgan fingerprint density at radius 1 is 1.38 bits per heavy atom. The predicted octanol–water partition coefficient (Wildman–Crippen LogP) is 2.71. The monoisotopic (exact) mass is 283 g/mol. The van der Waals surface area contributed by atoms with Crippen LogP contribution in [-0.4, -0.2) is 29.2 Å². The third-order valence-corrected chi connectivity index (χ3v) is 4.05. The largest absolute Gasteiger partial charge is 0.393 e. The minimum absolute atomic E-state index is 0.0824. The summed E-state index contributed by atoms with van der Waals surface area (Å²) in [5.41, 5.74) is 2.62. The van der Waals surface area contributed by atoms with Crippen LogP contribution >= 0.6 is 15.9 Å². The average Bonchev–Trinajstić information content (AvgIpc) is 2.27. The van der Waals surface area contributed by atoms with Gasteiger partial charge in [0.05, 0.1) is 6.10 Å². The standard InChI is InChI=1S/C13H18BrNO/c1-10-2-3-11(8-13(10)14)9-15-6-4-12(16)5-7-15/h2-3,8,12,16H,4-7,9H2,1H3. The Labute approximate surface area is 105 Å². The van der Waals surface area contributed by atoms with E-state index >= 15 is 0 Å². The maximum absolute atomic E-state index is 9.44. The van der Waals surface area contributed by atoms with Gasteiger partial charge < -0.3 is 5.11 Å². The van der Waals surface area contributed by atoms with E-state index in [9.17, 15) is 5.11 Å². The van der Waals surface area contributed by atoms with Crippen molar-refractivity contribution in [1.82, 2.24) is 4.90 Å². The summed E-state index contributed by atoms with van der Waals surface area (Å²) in [7, 11) is 0. The van der Waals surface area contributed by atoms with Crippen molar-refractivity contribution in [3.05, 3.63) is 33.8 Å². The quantitative estimate of drug-likeness (QED) is 0.902. The molecule has 0 saturated carbocycles. The molecule has 1 aromatic rings. The predicted molar refractivity (Wildman–Crippen MR) is 69.4 cm³/mol. The van der Waals surface area contributed by atoms with Crippen LogP contribution in [0.15, 0.2) is 22.7 Å². The Morgan fingerprint density at radius 3 is 2.69 bits per heavy atom. The van der Waals surface area contributed by atoms with Crippen LogP contribution in [0.2, 0.25) is 0 Å². The molecular formula is C13H18BrNO. The van der Waals surface area contributed by atoms with Gasteiger partial charge in [-0.15, -0.1) is 0 Å². The molecule has 0 spiro atoms. The summed E-state index contributed by atoms with van der Waals surface area (Å²) >= 11 is 3.56. The first-order valence-electron chi connectivity index (χ1n) is 5.80. The number of aliphatic hydroxyl groups is 1. The van der Waals surface area contributed by atoms with Gasteiger partial charge in [0.1, 0.15) is 0 Å². The highest BCUT2D eigenvalue weighted by molar-refractivity contribution is 9.10. The van der Waals surface area contributed by atoms with Gasteiger partial charge >= 0.3 is 0 Å². The van der Waals surface area contributed by atoms with E-state index < -0.39 is 0 Å². The van der Waals surface area contributed by atoms with Gasteiger partial charge in [0.15, 0.2) is 0 Å². The molecule has 16 heavy (non-hydrogen) atoms. The summed E-state index contributed by atoms with van der Waals surface area (Å²) < 4.78 is 1.18. The molecule has 0 radical (unpaired) electrons. The molecule has 88 valence electrons. The van der Waals surface area contributed by atoms with Crippen molar-refractivity contribution < 1.29 is 5.11 Å². The molecule has 0 bridgehead atoms. The van der Waals surface area contributed by atoms with Crippen molar-refractivity contribution in [2.45, 2.75) is 32.4 Å². The van der Waals surface area contributed by atoms with E-state index in [2.05, 4.69) is 46.0 Å². The molecule has 2 nitrogen and oxygen atoms in total. The molecule has 1 saturated heterocycles. The fraction of sp³-hybridized carbons (Fsp3) is 0.538. The molecule has 1 heterocycles. The van der Waals surface area contributed by atoms with E-state index in [0.717, 1.165) is 32.5 Å². The Bertz CT molecular complexity index is 359. The first kappa shape index (κ1) is 12.1. The Kier molecular flexibility index (Phi) is 4.00. The van der Waals surface area contributed by atoms with Crippen LogP contribution in [0.4, 0.5) is 0 Å². The molecule has 0 amide bonds. The van der Waals surface area contributed by atoms with Crippen molar-refractivity contribution in [3.8, 4) is 0 Å². The van der Waals surface area contributed by atoms with Crippen LogP contribution in [0.5, 0.6) is 0 Å². The van der Waals surface area contributed by atoms with E-state index in [1.807, 2.05) is 0 Å². The second kappa shape index (κ2) is 5.30. The van der Waals surface area contributed by atoms with Gasteiger partial charge in [-0.25, -0.2) is 0 Å². The minimum Gasteiger partial charge on any atom is -0.393 e. The molecule has 1 fully saturated rings. The molecule has 0 aromatic heterocycles. The number of nitrogens with zero attached hydrogens (tertiary/aromatic N) is 1. The highest BCUT2D eigenvalue weighted by Gasteiger charge is 2.16. The van der Waals surface area contributed by atoms with Crippen molar-refractivity contribution in [2.24, 2.45) is 0 Å². The van der Waals surface area contributed by atoms with Gasteiger partial charge in [0.2, 0.25) is 0 Å². The Morgan fingerprint density at radius 2 is 2.06 bits per heavy atom. The number of benzene rings is 1. The Balaban J connectivity index is 1.96. The van der Waals surface area contributed by atoms with Crippen molar-refractivity contribution >= 4 is 15.9 Å². The molecular weight excluding hydrogens is 266 g/mol. The second-order valence-corrected chi connectivity index (χ2v) is 5.45. The fourth-order valence-electron chi connectivity index (χ4n) is 2.07. The highest BCUT2D eigenvalue weighted by Crippen LogP contribution is 2.20. The SMILES string of the molecule is Cc1ccc(CN2CCC(O)CC2)cc1Br. The maximum Gasteiger partial charge on any atom is 0.0564 e. The topological polar surface area (TPSA) is 23.5 Å². The zero-order valence-corrected chi connectivity index (χ0v) is 11.2. The zero-order chi connectivity index (χ0) is 11.5. The summed E-state index contributed by atoms with van der Waals surface area (Å²) in [6, 6.07) is 6.53. The summed E-state index contributed by atoms with van der Waals surface area (Å²) in [5.74, 6) is 0. The van der Waals surface area contributed by atoms with E-state index in [0.29, 0.717) is 0 Å². The third kappa shape index (κ3) is 3.06. The molecule has 1 aliphatic heterocycles. The van der Waals surface area contributed by atoms with E-state index in [1.165, 1.54) is 15.6 Å². The molecule has 1 aromatic carbocycles. The molecule has 1 N–H and O–H groups in total. The van der Waals surface area contributed by atoms with Gasteiger partial charge in [-0.1, -0.05) is 28.1 Å². The second-order valence-electron chi connectivity index (χ2n) is 4.59. The molecule has 0 unspecified atom stereocenters. The normalized spacial score (nSPS) is 18.9. The van der Waals surface area contributed by atoms with E-state index in [1.54, 1.807) is 0 Å². The molecule has 3 heteroatoms. The number of aryl methyl sites for hydroxylation is 1. The van der Waals surface area contributed by atoms with Crippen molar-refractivity contribution in [3.63, 3.8) is 0 Å². The van der Waals surface area contributed by atoms with Gasteiger partial charge in [-0.3, -0.25) is 4.90 Å². The molecule has 0 aliphatic carbocycles. The van der Waals surface area contributed by atoms with Crippen LogP contribution in [0.25, 0.3) is 0 Å². The first-order valence-corrected chi connectivity index (χ1v) is 6.60. The fourth-order valence-corrected chi connectivity index (χ4v) is 2.50. The highest BCUT2D eigenvalue weighted by atomic mass is 79.9. The minimum atomic E-state index is -0.0824. The number of halogens is 1. The van der Waals surface area contributed by atoms with E-state index in [-0.39, 0.29) is 6.10 Å². The lowest BCUT2D eigenvalue weighted by Gasteiger charge is -2.29. The van der Waals surface area contributed by atoms with Crippen LogP contribution in [0, 0.1) is 6.92 Å². The lowest BCUT2D eigenvalue weighted by atomic mass is 10.1. The van der Waals surface area contributed by atoms with Crippen molar-refractivity contribution in [2.75, 3.05) is 13.1 Å². The number of piperidine rings is 1. The molecule has 1 aliphatic rings. The third-order valence-electron chi connectivity index (χ3n) is 3.20. The smallest absolute Gasteiger partial charge is 0.0564 e. The number of likely N-dealkylation sites (tertiary alicyclic amines) is 1. The molecule has 0 atom stereocenters. The van der Waals surface area contributed by atoms with Gasteiger partial charge in [0.25, 0.3) is 0 Å². The summed E-state index contributed by atoms with van der Waals surface area (Å²) in [6.45, 7) is 5.11. The van der Waals surface area contributed by atoms with Crippen LogP contribution in [0.1, 0.15) is 24.0 Å². The van der Waals surface area contributed by atoms with Gasteiger partial charge in [0, 0.05) is 24.1 Å². The lowest BCUT2D eigenvalue weighted by Crippen LogP contribution is -2.35. The number of hydrogen-bond acceptors (Lipinski definition) is 2. The average molecular weight is 284 g/mol. The number of aliphatic hydroxyl groups excluding tert-OH is 1. The summed E-state index contributed by atoms with van der Waals surface area (Å²) in [4.78, 5) is 2.41. The zero-order valence-electron chi connectivity index (χ0n) is 9.62.